The first kappa shape index (κ1) is 20.4. The summed E-state index contributed by atoms with van der Waals surface area (Å²) < 4.78 is 19.7. The van der Waals surface area contributed by atoms with Crippen molar-refractivity contribution >= 4 is 17.5 Å². The van der Waals surface area contributed by atoms with Crippen LogP contribution < -0.4 is 4.74 Å². The monoisotopic (exact) mass is 425 g/mol. The van der Waals surface area contributed by atoms with E-state index in [0.29, 0.717) is 36.6 Å². The maximum Gasteiger partial charge on any atom is 0.223 e. The van der Waals surface area contributed by atoms with Crippen LogP contribution in [0, 0.1) is 5.82 Å². The zero-order valence-corrected chi connectivity index (χ0v) is 17.0. The average molecular weight is 426 g/mol. The van der Waals surface area contributed by atoms with Crippen molar-refractivity contribution in [2.24, 2.45) is 0 Å². The quantitative estimate of drug-likeness (QED) is 0.584. The summed E-state index contributed by atoms with van der Waals surface area (Å²) in [6.45, 7) is 0.850. The van der Waals surface area contributed by atoms with Gasteiger partial charge in [-0.3, -0.25) is 4.79 Å². The van der Waals surface area contributed by atoms with Crippen LogP contribution in [0.15, 0.2) is 66.7 Å². The standard InChI is InChI=1S/C24H21ClFNO3/c25-21-9-8-20(12-22(21)26)30-23-10-16(15-28)6-7-18(23)13-27-14-19(11-24(27)29)17-4-2-1-3-5-17/h1-10,12,19,28H,11,13-15H2. The summed E-state index contributed by atoms with van der Waals surface area (Å²) in [5, 5.41) is 9.50. The van der Waals surface area contributed by atoms with Crippen LogP contribution in [0.5, 0.6) is 11.5 Å². The number of amides is 1. The van der Waals surface area contributed by atoms with E-state index in [1.807, 2.05) is 36.4 Å². The van der Waals surface area contributed by atoms with E-state index in [1.54, 1.807) is 23.1 Å². The van der Waals surface area contributed by atoms with Gasteiger partial charge in [0.05, 0.1) is 11.6 Å². The zero-order valence-electron chi connectivity index (χ0n) is 16.2. The van der Waals surface area contributed by atoms with Gasteiger partial charge in [0.1, 0.15) is 17.3 Å². The molecule has 1 unspecified atom stereocenters. The number of halogens is 2. The van der Waals surface area contributed by atoms with Gasteiger partial charge >= 0.3 is 0 Å². The number of rotatable bonds is 6. The lowest BCUT2D eigenvalue weighted by Crippen LogP contribution is -2.24. The Morgan fingerprint density at radius 1 is 1.10 bits per heavy atom. The number of hydrogen-bond donors (Lipinski definition) is 1. The highest BCUT2D eigenvalue weighted by Gasteiger charge is 2.31. The van der Waals surface area contributed by atoms with Crippen LogP contribution in [0.3, 0.4) is 0 Å². The summed E-state index contributed by atoms with van der Waals surface area (Å²) in [5.74, 6) is 0.431. The molecule has 1 saturated heterocycles. The van der Waals surface area contributed by atoms with Crippen molar-refractivity contribution < 1.29 is 19.0 Å². The molecule has 1 heterocycles. The minimum absolute atomic E-state index is 0.0151. The third kappa shape index (κ3) is 4.48. The minimum atomic E-state index is -0.575. The lowest BCUT2D eigenvalue weighted by molar-refractivity contribution is -0.128. The largest absolute Gasteiger partial charge is 0.457 e. The fourth-order valence-corrected chi connectivity index (χ4v) is 3.79. The molecule has 3 aromatic rings. The molecule has 0 bridgehead atoms. The minimum Gasteiger partial charge on any atom is -0.457 e. The Morgan fingerprint density at radius 3 is 2.63 bits per heavy atom. The molecule has 6 heteroatoms. The van der Waals surface area contributed by atoms with Crippen LogP contribution in [0.25, 0.3) is 0 Å². The van der Waals surface area contributed by atoms with Crippen LogP contribution in [0.4, 0.5) is 4.39 Å². The van der Waals surface area contributed by atoms with E-state index in [4.69, 9.17) is 16.3 Å². The molecule has 1 fully saturated rings. The maximum absolute atomic E-state index is 13.8. The number of nitrogens with zero attached hydrogens (tertiary/aromatic N) is 1. The second kappa shape index (κ2) is 8.86. The highest BCUT2D eigenvalue weighted by Crippen LogP contribution is 2.33. The lowest BCUT2D eigenvalue weighted by Gasteiger charge is -2.20. The molecular formula is C24H21ClFNO3. The molecule has 1 atom stereocenters. The Bertz CT molecular complexity index is 1060. The molecule has 0 aliphatic carbocycles. The number of carbonyl (C=O) groups excluding carboxylic acids is 1. The van der Waals surface area contributed by atoms with Crippen molar-refractivity contribution in [3.05, 3.63) is 94.3 Å². The van der Waals surface area contributed by atoms with Gasteiger partial charge in [-0.1, -0.05) is 54.1 Å². The fraction of sp³-hybridized carbons (Fsp3) is 0.208. The van der Waals surface area contributed by atoms with Crippen molar-refractivity contribution in [1.82, 2.24) is 4.90 Å². The topological polar surface area (TPSA) is 49.8 Å². The number of ether oxygens (including phenoxy) is 1. The summed E-state index contributed by atoms with van der Waals surface area (Å²) in [5.41, 5.74) is 2.60. The maximum atomic E-state index is 13.8. The molecule has 4 nitrogen and oxygen atoms in total. The van der Waals surface area contributed by atoms with Gasteiger partial charge in [-0.15, -0.1) is 0 Å². The van der Waals surface area contributed by atoms with Crippen molar-refractivity contribution in [3.8, 4) is 11.5 Å². The summed E-state index contributed by atoms with van der Waals surface area (Å²) >= 11 is 5.75. The number of hydrogen-bond acceptors (Lipinski definition) is 3. The predicted molar refractivity (Wildman–Crippen MR) is 113 cm³/mol. The van der Waals surface area contributed by atoms with Gasteiger partial charge in [0, 0.05) is 37.1 Å². The molecule has 3 aromatic carbocycles. The molecule has 1 N–H and O–H groups in total. The lowest BCUT2D eigenvalue weighted by atomic mass is 9.98. The Morgan fingerprint density at radius 2 is 1.90 bits per heavy atom. The van der Waals surface area contributed by atoms with E-state index in [-0.39, 0.29) is 23.5 Å². The van der Waals surface area contributed by atoms with Crippen molar-refractivity contribution in [1.29, 1.82) is 0 Å². The molecule has 1 aliphatic rings. The van der Waals surface area contributed by atoms with Crippen LogP contribution in [0.1, 0.15) is 29.0 Å². The van der Waals surface area contributed by atoms with Crippen LogP contribution in [0.2, 0.25) is 5.02 Å². The Balaban J connectivity index is 1.56. The van der Waals surface area contributed by atoms with E-state index in [1.165, 1.54) is 12.1 Å². The number of likely N-dealkylation sites (tertiary alicyclic amines) is 1. The SMILES string of the molecule is O=C1CC(c2ccccc2)CN1Cc1ccc(CO)cc1Oc1ccc(Cl)c(F)c1. The number of carbonyl (C=O) groups is 1. The van der Waals surface area contributed by atoms with Gasteiger partial charge < -0.3 is 14.7 Å². The molecule has 1 amide bonds. The first-order valence-corrected chi connectivity index (χ1v) is 10.1. The molecule has 0 saturated carbocycles. The summed E-state index contributed by atoms with van der Waals surface area (Å²) in [7, 11) is 0. The third-order valence-electron chi connectivity index (χ3n) is 5.28. The van der Waals surface area contributed by atoms with Gasteiger partial charge in [0.25, 0.3) is 0 Å². The molecular weight excluding hydrogens is 405 g/mol. The van der Waals surface area contributed by atoms with Gasteiger partial charge in [-0.25, -0.2) is 4.39 Å². The van der Waals surface area contributed by atoms with Crippen LogP contribution in [-0.2, 0) is 17.9 Å². The number of aliphatic hydroxyl groups is 1. The van der Waals surface area contributed by atoms with Crippen molar-refractivity contribution in [2.75, 3.05) is 6.54 Å². The average Bonchev–Trinajstić information content (AvgIpc) is 3.13. The summed E-state index contributed by atoms with van der Waals surface area (Å²) in [6, 6.07) is 19.5. The normalized spacial score (nSPS) is 16.2. The Labute approximate surface area is 179 Å². The van der Waals surface area contributed by atoms with Gasteiger partial charge in [0.15, 0.2) is 0 Å². The summed E-state index contributed by atoms with van der Waals surface area (Å²) in [4.78, 5) is 14.4. The molecule has 0 spiro atoms. The Kier molecular flexibility index (Phi) is 6.02. The third-order valence-corrected chi connectivity index (χ3v) is 5.59. The van der Waals surface area contributed by atoms with E-state index < -0.39 is 5.82 Å². The van der Waals surface area contributed by atoms with E-state index in [9.17, 15) is 14.3 Å². The number of aliphatic hydroxyl groups excluding tert-OH is 1. The highest BCUT2D eigenvalue weighted by molar-refractivity contribution is 6.30. The van der Waals surface area contributed by atoms with Gasteiger partial charge in [-0.05, 0) is 29.3 Å². The smallest absolute Gasteiger partial charge is 0.223 e. The van der Waals surface area contributed by atoms with Crippen molar-refractivity contribution in [2.45, 2.75) is 25.5 Å². The highest BCUT2D eigenvalue weighted by atomic mass is 35.5. The molecule has 0 aromatic heterocycles. The second-order valence-electron chi connectivity index (χ2n) is 7.36. The molecule has 0 radical (unpaired) electrons. The predicted octanol–water partition coefficient (Wildman–Crippen LogP) is 5.28. The van der Waals surface area contributed by atoms with Crippen LogP contribution >= 0.6 is 11.6 Å². The summed E-state index contributed by atoms with van der Waals surface area (Å²) in [6.07, 6.45) is 0.470. The van der Waals surface area contributed by atoms with E-state index in [0.717, 1.165) is 11.1 Å². The van der Waals surface area contributed by atoms with E-state index >= 15 is 0 Å². The molecule has 4 rings (SSSR count). The zero-order chi connectivity index (χ0) is 21.1. The first-order chi connectivity index (χ1) is 14.5. The van der Waals surface area contributed by atoms with Crippen LogP contribution in [-0.4, -0.2) is 22.5 Å². The van der Waals surface area contributed by atoms with Gasteiger partial charge in [-0.2, -0.15) is 0 Å². The first-order valence-electron chi connectivity index (χ1n) is 9.72. The fourth-order valence-electron chi connectivity index (χ4n) is 3.67. The molecule has 1 aliphatic heterocycles. The molecule has 154 valence electrons. The second-order valence-corrected chi connectivity index (χ2v) is 7.77. The van der Waals surface area contributed by atoms with E-state index in [2.05, 4.69) is 0 Å². The number of benzene rings is 3. The molecule has 30 heavy (non-hydrogen) atoms. The Hall–Kier alpha value is -2.89. The van der Waals surface area contributed by atoms with Crippen molar-refractivity contribution in [3.63, 3.8) is 0 Å². The van der Waals surface area contributed by atoms with Gasteiger partial charge in [0.2, 0.25) is 5.91 Å².